The molecule has 0 aromatic heterocycles. The van der Waals surface area contributed by atoms with Gasteiger partial charge in [-0.25, -0.2) is 0 Å². The number of thioether (sulfide) groups is 1. The lowest BCUT2D eigenvalue weighted by molar-refractivity contribution is -0.137. The molecule has 1 aromatic rings. The Morgan fingerprint density at radius 1 is 1.35 bits per heavy atom. The van der Waals surface area contributed by atoms with Crippen LogP contribution in [0.25, 0.3) is 0 Å². The average molecular weight is 293 g/mol. The third-order valence-corrected chi connectivity index (χ3v) is 4.33. The minimum Gasteiger partial charge on any atom is -0.481 e. The van der Waals surface area contributed by atoms with E-state index >= 15 is 0 Å². The summed E-state index contributed by atoms with van der Waals surface area (Å²) in [4.78, 5) is 36.7. The van der Waals surface area contributed by atoms with E-state index in [1.165, 1.54) is 11.8 Å². The molecule has 1 aliphatic rings. The van der Waals surface area contributed by atoms with Crippen LogP contribution in [0.4, 0.5) is 5.69 Å². The van der Waals surface area contributed by atoms with Crippen molar-refractivity contribution >= 4 is 35.1 Å². The van der Waals surface area contributed by atoms with Crippen LogP contribution in [0.5, 0.6) is 0 Å². The fourth-order valence-corrected chi connectivity index (χ4v) is 3.22. The van der Waals surface area contributed by atoms with Gasteiger partial charge < -0.3 is 10.0 Å². The number of amides is 1. The minimum absolute atomic E-state index is 0.0108. The van der Waals surface area contributed by atoms with Crippen molar-refractivity contribution in [1.29, 1.82) is 0 Å². The van der Waals surface area contributed by atoms with E-state index in [9.17, 15) is 14.4 Å². The maximum atomic E-state index is 11.9. The van der Waals surface area contributed by atoms with Crippen LogP contribution in [-0.4, -0.2) is 35.1 Å². The minimum atomic E-state index is -0.982. The summed E-state index contributed by atoms with van der Waals surface area (Å²) in [7, 11) is 1.71. The van der Waals surface area contributed by atoms with Crippen LogP contribution in [0.15, 0.2) is 23.1 Å². The number of ketones is 1. The molecule has 1 aromatic carbocycles. The molecule has 2 rings (SSSR count). The first-order chi connectivity index (χ1) is 9.40. The number of aliphatic carboxylic acids is 1. The van der Waals surface area contributed by atoms with Crippen LogP contribution in [0.1, 0.15) is 30.1 Å². The Morgan fingerprint density at radius 2 is 2.05 bits per heavy atom. The first kappa shape index (κ1) is 14.6. The number of hydrogen-bond acceptors (Lipinski definition) is 4. The summed E-state index contributed by atoms with van der Waals surface area (Å²) in [6, 6.07) is 5.12. The highest BCUT2D eigenvalue weighted by Gasteiger charge is 2.28. The predicted molar refractivity (Wildman–Crippen MR) is 76.4 cm³/mol. The molecular formula is C14H15NO4S. The number of carboxylic acids is 1. The number of anilines is 1. The first-order valence-electron chi connectivity index (χ1n) is 6.23. The monoisotopic (exact) mass is 293 g/mol. The predicted octanol–water partition coefficient (Wildman–Crippen LogP) is 2.19. The molecular weight excluding hydrogens is 278 g/mol. The number of fused-ring (bicyclic) bond motifs is 1. The lowest BCUT2D eigenvalue weighted by atomic mass is 10.1. The van der Waals surface area contributed by atoms with Crippen LogP contribution in [0.3, 0.4) is 0 Å². The van der Waals surface area contributed by atoms with Crippen LogP contribution in [0, 0.1) is 0 Å². The molecule has 106 valence electrons. The topological polar surface area (TPSA) is 74.7 Å². The van der Waals surface area contributed by atoms with E-state index in [2.05, 4.69) is 0 Å². The standard InChI is InChI=1S/C14H15NO4S/c1-8-14(19)15(2)10-4-3-9(7-12(10)20-8)11(16)5-6-13(17)18/h3-4,7-8H,5-6H2,1-2H3,(H,17,18). The van der Waals surface area contributed by atoms with Crippen molar-refractivity contribution < 1.29 is 19.5 Å². The molecule has 1 unspecified atom stereocenters. The van der Waals surface area contributed by atoms with Gasteiger partial charge in [0.25, 0.3) is 0 Å². The SMILES string of the molecule is CC1Sc2cc(C(=O)CCC(=O)O)ccc2N(C)C1=O. The van der Waals surface area contributed by atoms with Crippen molar-refractivity contribution in [2.45, 2.75) is 29.9 Å². The molecule has 0 saturated heterocycles. The Morgan fingerprint density at radius 3 is 2.70 bits per heavy atom. The van der Waals surface area contributed by atoms with Gasteiger partial charge in [-0.2, -0.15) is 0 Å². The number of hydrogen-bond donors (Lipinski definition) is 1. The first-order valence-corrected chi connectivity index (χ1v) is 7.11. The zero-order valence-electron chi connectivity index (χ0n) is 11.3. The molecule has 0 fully saturated rings. The normalized spacial score (nSPS) is 17.8. The fourth-order valence-electron chi connectivity index (χ4n) is 2.06. The van der Waals surface area contributed by atoms with Crippen molar-refractivity contribution in [1.82, 2.24) is 0 Å². The van der Waals surface area contributed by atoms with Gasteiger partial charge in [0.1, 0.15) is 0 Å². The molecule has 0 spiro atoms. The van der Waals surface area contributed by atoms with E-state index in [4.69, 9.17) is 5.11 Å². The smallest absolute Gasteiger partial charge is 0.303 e. The van der Waals surface area contributed by atoms with Gasteiger partial charge in [-0.3, -0.25) is 14.4 Å². The Balaban J connectivity index is 2.24. The highest BCUT2D eigenvalue weighted by molar-refractivity contribution is 8.01. The average Bonchev–Trinajstić information content (AvgIpc) is 2.41. The van der Waals surface area contributed by atoms with Gasteiger partial charge >= 0.3 is 5.97 Å². The summed E-state index contributed by atoms with van der Waals surface area (Å²) in [6.45, 7) is 1.82. The largest absolute Gasteiger partial charge is 0.481 e. The van der Waals surface area contributed by atoms with Crippen molar-refractivity contribution in [2.75, 3.05) is 11.9 Å². The molecule has 1 heterocycles. The molecule has 0 radical (unpaired) electrons. The highest BCUT2D eigenvalue weighted by atomic mass is 32.2. The fraction of sp³-hybridized carbons (Fsp3) is 0.357. The third-order valence-electron chi connectivity index (χ3n) is 3.19. The van der Waals surface area contributed by atoms with Crippen molar-refractivity contribution in [3.63, 3.8) is 0 Å². The summed E-state index contributed by atoms with van der Waals surface area (Å²) in [6.07, 6.45) is -0.180. The molecule has 0 saturated carbocycles. The summed E-state index contributed by atoms with van der Waals surface area (Å²) in [5, 5.41) is 8.42. The van der Waals surface area contributed by atoms with Gasteiger partial charge in [-0.1, -0.05) is 0 Å². The van der Waals surface area contributed by atoms with Crippen LogP contribution < -0.4 is 4.90 Å². The number of rotatable bonds is 4. The van der Waals surface area contributed by atoms with Crippen LogP contribution in [0.2, 0.25) is 0 Å². The maximum absolute atomic E-state index is 11.9. The zero-order chi connectivity index (χ0) is 14.9. The zero-order valence-corrected chi connectivity index (χ0v) is 12.1. The van der Waals surface area contributed by atoms with Crippen molar-refractivity contribution in [2.24, 2.45) is 0 Å². The van der Waals surface area contributed by atoms with Gasteiger partial charge in [0.05, 0.1) is 17.4 Å². The van der Waals surface area contributed by atoms with Crippen LogP contribution in [-0.2, 0) is 9.59 Å². The molecule has 20 heavy (non-hydrogen) atoms. The summed E-state index contributed by atoms with van der Waals surface area (Å²) >= 11 is 1.42. The van der Waals surface area contributed by atoms with E-state index in [1.807, 2.05) is 6.92 Å². The molecule has 0 bridgehead atoms. The second-order valence-electron chi connectivity index (χ2n) is 4.66. The maximum Gasteiger partial charge on any atom is 0.303 e. The van der Waals surface area contributed by atoms with E-state index in [-0.39, 0.29) is 29.8 Å². The molecule has 1 amide bonds. The molecule has 0 aliphatic carbocycles. The number of nitrogens with zero attached hydrogens (tertiary/aromatic N) is 1. The van der Waals surface area contributed by atoms with Gasteiger partial charge in [-0.15, -0.1) is 11.8 Å². The van der Waals surface area contributed by atoms with E-state index in [0.29, 0.717) is 5.56 Å². The lowest BCUT2D eigenvalue weighted by Crippen LogP contribution is -2.36. The number of carbonyl (C=O) groups is 3. The second kappa shape index (κ2) is 5.66. The molecule has 6 heteroatoms. The second-order valence-corrected chi connectivity index (χ2v) is 6.04. The Labute approximate surface area is 121 Å². The molecule has 1 atom stereocenters. The van der Waals surface area contributed by atoms with Gasteiger partial charge in [0, 0.05) is 23.9 Å². The molecule has 5 nitrogen and oxygen atoms in total. The quantitative estimate of drug-likeness (QED) is 0.861. The summed E-state index contributed by atoms with van der Waals surface area (Å²) in [5.41, 5.74) is 1.28. The number of carboxylic acid groups (broad SMARTS) is 1. The van der Waals surface area contributed by atoms with Gasteiger partial charge in [-0.05, 0) is 25.1 Å². The lowest BCUT2D eigenvalue weighted by Gasteiger charge is -2.29. The van der Waals surface area contributed by atoms with Gasteiger partial charge in [0.2, 0.25) is 5.91 Å². The highest BCUT2D eigenvalue weighted by Crippen LogP contribution is 2.39. The van der Waals surface area contributed by atoms with Crippen molar-refractivity contribution in [3.05, 3.63) is 23.8 Å². The van der Waals surface area contributed by atoms with Crippen molar-refractivity contribution in [3.8, 4) is 0 Å². The third kappa shape index (κ3) is 2.85. The number of Topliss-reactive ketones (excluding diaryl/α,β-unsaturated/α-hetero) is 1. The Hall–Kier alpha value is -1.82. The van der Waals surface area contributed by atoms with Crippen LogP contribution >= 0.6 is 11.8 Å². The Kier molecular flexibility index (Phi) is 4.13. The molecule has 1 aliphatic heterocycles. The van der Waals surface area contributed by atoms with E-state index in [0.717, 1.165) is 10.6 Å². The van der Waals surface area contributed by atoms with Gasteiger partial charge in [0.15, 0.2) is 5.78 Å². The number of benzene rings is 1. The summed E-state index contributed by atoms with van der Waals surface area (Å²) in [5.74, 6) is -1.14. The van der Waals surface area contributed by atoms with E-state index < -0.39 is 5.97 Å². The van der Waals surface area contributed by atoms with E-state index in [1.54, 1.807) is 30.1 Å². The molecule has 1 N–H and O–H groups in total. The Bertz CT molecular complexity index is 585. The summed E-state index contributed by atoms with van der Waals surface area (Å²) < 4.78 is 0. The number of carbonyl (C=O) groups excluding carboxylic acids is 2.